The Morgan fingerprint density at radius 1 is 1.54 bits per heavy atom. The van der Waals surface area contributed by atoms with Crippen LogP contribution in [0.5, 0.6) is 0 Å². The number of nitrogens with zero attached hydrogens (tertiary/aromatic N) is 1. The van der Waals surface area contributed by atoms with E-state index in [1.165, 1.54) is 11.3 Å². The first kappa shape index (κ1) is 19.1. The largest absolute Gasteiger partial charge is 0.366 e. The Kier molecular flexibility index (Phi) is 7.01. The molecule has 2 aromatic rings. The van der Waals surface area contributed by atoms with Crippen LogP contribution in [0.4, 0.5) is 5.13 Å². The second-order valence-corrected chi connectivity index (χ2v) is 6.91. The van der Waals surface area contributed by atoms with E-state index >= 15 is 0 Å². The van der Waals surface area contributed by atoms with Gasteiger partial charge in [-0.1, -0.05) is 23.7 Å². The smallest absolute Gasteiger partial charge is 0.256 e. The lowest BCUT2D eigenvalue weighted by molar-refractivity contribution is -0.128. The maximum atomic E-state index is 12.2. The zero-order chi connectivity index (χ0) is 16.2. The van der Waals surface area contributed by atoms with Gasteiger partial charge in [0.25, 0.3) is 5.91 Å². The van der Waals surface area contributed by atoms with Crippen molar-refractivity contribution in [3.63, 3.8) is 0 Å². The molecule has 5 nitrogen and oxygen atoms in total. The number of nitrogens with one attached hydrogen (secondary N) is 2. The summed E-state index contributed by atoms with van der Waals surface area (Å²) in [6.45, 7) is 3.81. The van der Waals surface area contributed by atoms with Crippen LogP contribution in [0.1, 0.15) is 16.1 Å². The van der Waals surface area contributed by atoms with E-state index in [1.54, 1.807) is 0 Å². The number of thiazole rings is 1. The Morgan fingerprint density at radius 3 is 3.08 bits per heavy atom. The number of morpholine rings is 1. The summed E-state index contributed by atoms with van der Waals surface area (Å²) in [5.74, 6) is -0.153. The van der Waals surface area contributed by atoms with E-state index in [4.69, 9.17) is 16.3 Å². The molecule has 0 saturated carbocycles. The van der Waals surface area contributed by atoms with Crippen LogP contribution in [0.25, 0.3) is 0 Å². The standard InChI is InChI=1S/C16H18ClN3O2S.ClH/c1-10-14(8-11-3-2-4-12(17)7-11)23-16(19-10)20-15(21)13-9-18-5-6-22-13;/h2-4,7,13,18H,5-6,8-9H2,1H3,(H,19,20,21);1H. The van der Waals surface area contributed by atoms with Gasteiger partial charge in [0.1, 0.15) is 6.10 Å². The lowest BCUT2D eigenvalue weighted by Crippen LogP contribution is -2.45. The number of benzene rings is 1. The minimum atomic E-state index is -0.454. The Morgan fingerprint density at radius 2 is 2.38 bits per heavy atom. The Labute approximate surface area is 156 Å². The van der Waals surface area contributed by atoms with Crippen molar-refractivity contribution in [2.45, 2.75) is 19.4 Å². The number of halogens is 2. The van der Waals surface area contributed by atoms with Crippen molar-refractivity contribution in [2.24, 2.45) is 0 Å². The number of rotatable bonds is 4. The quantitative estimate of drug-likeness (QED) is 0.845. The molecule has 1 fully saturated rings. The fourth-order valence-electron chi connectivity index (χ4n) is 2.40. The summed E-state index contributed by atoms with van der Waals surface area (Å²) in [7, 11) is 0. The molecule has 1 aromatic heterocycles. The predicted molar refractivity (Wildman–Crippen MR) is 99.6 cm³/mol. The summed E-state index contributed by atoms with van der Waals surface area (Å²) in [6, 6.07) is 7.77. The van der Waals surface area contributed by atoms with Crippen molar-refractivity contribution in [3.8, 4) is 0 Å². The van der Waals surface area contributed by atoms with Crippen molar-refractivity contribution in [1.29, 1.82) is 0 Å². The number of hydrogen-bond donors (Lipinski definition) is 2. The van der Waals surface area contributed by atoms with E-state index in [-0.39, 0.29) is 18.3 Å². The molecule has 2 heterocycles. The highest BCUT2D eigenvalue weighted by Crippen LogP contribution is 2.26. The molecule has 130 valence electrons. The molecule has 0 radical (unpaired) electrons. The number of anilines is 1. The highest BCUT2D eigenvalue weighted by atomic mass is 35.5. The summed E-state index contributed by atoms with van der Waals surface area (Å²) in [5.41, 5.74) is 2.05. The van der Waals surface area contributed by atoms with Gasteiger partial charge in [0.15, 0.2) is 5.13 Å². The summed E-state index contributed by atoms with van der Waals surface area (Å²) in [5, 5.41) is 7.32. The van der Waals surface area contributed by atoms with Gasteiger partial charge < -0.3 is 10.1 Å². The number of aryl methyl sites for hydroxylation is 1. The minimum absolute atomic E-state index is 0. The van der Waals surface area contributed by atoms with E-state index in [1.807, 2.05) is 31.2 Å². The van der Waals surface area contributed by atoms with Gasteiger partial charge in [-0.25, -0.2) is 4.98 Å². The van der Waals surface area contributed by atoms with Crippen LogP contribution < -0.4 is 10.6 Å². The van der Waals surface area contributed by atoms with Gasteiger partial charge >= 0.3 is 0 Å². The fraction of sp³-hybridized carbons (Fsp3) is 0.375. The first-order valence-electron chi connectivity index (χ1n) is 7.46. The van der Waals surface area contributed by atoms with E-state index in [9.17, 15) is 4.79 Å². The normalized spacial score (nSPS) is 17.2. The molecule has 1 amide bonds. The molecule has 1 aliphatic heterocycles. The van der Waals surface area contributed by atoms with Crippen molar-refractivity contribution in [3.05, 3.63) is 45.4 Å². The number of carbonyl (C=O) groups is 1. The lowest BCUT2D eigenvalue weighted by Gasteiger charge is -2.22. The van der Waals surface area contributed by atoms with Gasteiger partial charge in [0.05, 0.1) is 12.3 Å². The second-order valence-electron chi connectivity index (χ2n) is 5.39. The molecule has 0 bridgehead atoms. The highest BCUT2D eigenvalue weighted by molar-refractivity contribution is 7.15. The number of aromatic nitrogens is 1. The highest BCUT2D eigenvalue weighted by Gasteiger charge is 2.23. The minimum Gasteiger partial charge on any atom is -0.366 e. The molecule has 1 aromatic carbocycles. The van der Waals surface area contributed by atoms with Crippen LogP contribution in [0.3, 0.4) is 0 Å². The Hall–Kier alpha value is -1.18. The molecule has 1 atom stereocenters. The number of ether oxygens (including phenoxy) is 1. The Balaban J connectivity index is 0.00000208. The van der Waals surface area contributed by atoms with Crippen LogP contribution >= 0.6 is 35.3 Å². The number of hydrogen-bond acceptors (Lipinski definition) is 5. The van der Waals surface area contributed by atoms with Gasteiger partial charge in [-0.15, -0.1) is 23.7 Å². The zero-order valence-corrected chi connectivity index (χ0v) is 15.6. The van der Waals surface area contributed by atoms with Gasteiger partial charge in [0.2, 0.25) is 0 Å². The van der Waals surface area contributed by atoms with Crippen molar-refractivity contribution in [1.82, 2.24) is 10.3 Å². The maximum Gasteiger partial charge on any atom is 0.256 e. The van der Waals surface area contributed by atoms with E-state index in [0.717, 1.165) is 34.1 Å². The molecule has 3 rings (SSSR count). The van der Waals surface area contributed by atoms with Crippen LogP contribution in [-0.2, 0) is 16.0 Å². The van der Waals surface area contributed by atoms with Crippen molar-refractivity contribution < 1.29 is 9.53 Å². The van der Waals surface area contributed by atoms with Crippen molar-refractivity contribution >= 4 is 46.4 Å². The molecule has 1 aliphatic rings. The average molecular weight is 388 g/mol. The summed E-state index contributed by atoms with van der Waals surface area (Å²) in [6.07, 6.45) is 0.297. The van der Waals surface area contributed by atoms with Gasteiger partial charge in [-0.3, -0.25) is 10.1 Å². The molecular formula is C16H19Cl2N3O2S. The Bertz CT molecular complexity index is 702. The molecule has 1 unspecified atom stereocenters. The van der Waals surface area contributed by atoms with Crippen LogP contribution in [0.15, 0.2) is 24.3 Å². The topological polar surface area (TPSA) is 63.2 Å². The lowest BCUT2D eigenvalue weighted by atomic mass is 10.1. The zero-order valence-electron chi connectivity index (χ0n) is 13.2. The molecular weight excluding hydrogens is 369 g/mol. The summed E-state index contributed by atoms with van der Waals surface area (Å²) in [4.78, 5) is 17.7. The molecule has 2 N–H and O–H groups in total. The summed E-state index contributed by atoms with van der Waals surface area (Å²) >= 11 is 7.51. The third-order valence-corrected chi connectivity index (χ3v) is 4.90. The van der Waals surface area contributed by atoms with Gasteiger partial charge in [-0.2, -0.15) is 0 Å². The monoisotopic (exact) mass is 387 g/mol. The number of carbonyl (C=O) groups excluding carboxylic acids is 1. The molecule has 8 heteroatoms. The second kappa shape index (κ2) is 8.78. The average Bonchev–Trinajstić information content (AvgIpc) is 2.87. The van der Waals surface area contributed by atoms with Gasteiger partial charge in [0, 0.05) is 29.4 Å². The van der Waals surface area contributed by atoms with Crippen molar-refractivity contribution in [2.75, 3.05) is 25.0 Å². The SMILES string of the molecule is Cc1nc(NC(=O)C2CNCCO2)sc1Cc1cccc(Cl)c1.Cl. The number of amides is 1. The third-order valence-electron chi connectivity index (χ3n) is 3.60. The molecule has 0 aliphatic carbocycles. The van der Waals surface area contributed by atoms with Crippen LogP contribution in [0, 0.1) is 6.92 Å². The summed E-state index contributed by atoms with van der Waals surface area (Å²) < 4.78 is 5.45. The van der Waals surface area contributed by atoms with E-state index < -0.39 is 6.10 Å². The van der Waals surface area contributed by atoms with Crippen LogP contribution in [0.2, 0.25) is 5.02 Å². The molecule has 24 heavy (non-hydrogen) atoms. The maximum absolute atomic E-state index is 12.2. The first-order chi connectivity index (χ1) is 11.1. The first-order valence-corrected chi connectivity index (χ1v) is 8.65. The predicted octanol–water partition coefficient (Wildman–Crippen LogP) is 3.04. The third kappa shape index (κ3) is 4.91. The van der Waals surface area contributed by atoms with Gasteiger partial charge in [-0.05, 0) is 24.6 Å². The van der Waals surface area contributed by atoms with E-state index in [2.05, 4.69) is 15.6 Å². The molecule has 1 saturated heterocycles. The van der Waals surface area contributed by atoms with E-state index in [0.29, 0.717) is 18.3 Å². The molecule has 0 spiro atoms. The fourth-order valence-corrected chi connectivity index (χ4v) is 3.61. The van der Waals surface area contributed by atoms with Crippen LogP contribution in [-0.4, -0.2) is 36.7 Å².